The number of hydrogen-bond donors (Lipinski definition) is 2. The zero-order valence-corrected chi connectivity index (χ0v) is 12.5. The summed E-state index contributed by atoms with van der Waals surface area (Å²) in [7, 11) is 3.22. The number of methoxy groups -OCH3 is 2. The number of hydrogen-bond acceptors (Lipinski definition) is 5. The molecule has 2 fully saturated rings. The van der Waals surface area contributed by atoms with Gasteiger partial charge in [0, 0.05) is 18.2 Å². The molecule has 3 rings (SSSR count). The fourth-order valence-electron chi connectivity index (χ4n) is 3.33. The minimum atomic E-state index is -0.630. The summed E-state index contributed by atoms with van der Waals surface area (Å²) in [6, 6.07) is 5.82. The molecule has 0 aliphatic carbocycles. The lowest BCUT2D eigenvalue weighted by Gasteiger charge is -2.23. The van der Waals surface area contributed by atoms with Gasteiger partial charge in [0.05, 0.1) is 32.5 Å². The molecule has 0 aromatic heterocycles. The Hall–Kier alpha value is -1.30. The number of benzene rings is 1. The van der Waals surface area contributed by atoms with Gasteiger partial charge in [-0.05, 0) is 37.5 Å². The van der Waals surface area contributed by atoms with Crippen molar-refractivity contribution in [3.8, 4) is 11.5 Å². The average molecular weight is 293 g/mol. The van der Waals surface area contributed by atoms with Crippen molar-refractivity contribution in [3.05, 3.63) is 23.8 Å². The predicted molar refractivity (Wildman–Crippen MR) is 78.8 cm³/mol. The minimum Gasteiger partial charge on any atom is -0.497 e. The number of ether oxygens (including phenoxy) is 3. The molecule has 4 atom stereocenters. The van der Waals surface area contributed by atoms with Crippen molar-refractivity contribution >= 4 is 0 Å². The summed E-state index contributed by atoms with van der Waals surface area (Å²) in [6.45, 7) is 0.487. The number of aliphatic hydroxyl groups is 1. The third kappa shape index (κ3) is 3.00. The van der Waals surface area contributed by atoms with Crippen LogP contribution in [0.4, 0.5) is 0 Å². The molecule has 0 saturated carbocycles. The Morgan fingerprint density at radius 2 is 2.19 bits per heavy atom. The van der Waals surface area contributed by atoms with E-state index >= 15 is 0 Å². The van der Waals surface area contributed by atoms with Crippen LogP contribution in [0.1, 0.15) is 30.9 Å². The number of fused-ring (bicyclic) bond motifs is 2. The Morgan fingerprint density at radius 3 is 2.81 bits per heavy atom. The van der Waals surface area contributed by atoms with E-state index < -0.39 is 6.10 Å². The monoisotopic (exact) mass is 293 g/mol. The molecule has 0 radical (unpaired) electrons. The van der Waals surface area contributed by atoms with Crippen molar-refractivity contribution in [2.45, 2.75) is 43.6 Å². The first-order valence-corrected chi connectivity index (χ1v) is 7.50. The van der Waals surface area contributed by atoms with Gasteiger partial charge in [-0.15, -0.1) is 0 Å². The lowest BCUT2D eigenvalue weighted by atomic mass is 9.95. The first kappa shape index (κ1) is 14.6. The van der Waals surface area contributed by atoms with Crippen molar-refractivity contribution in [2.24, 2.45) is 0 Å². The van der Waals surface area contributed by atoms with Crippen LogP contribution in [0.25, 0.3) is 0 Å². The molecule has 2 bridgehead atoms. The lowest BCUT2D eigenvalue weighted by molar-refractivity contribution is 0.0941. The second-order valence-corrected chi connectivity index (χ2v) is 5.75. The molecule has 0 amide bonds. The Balaban J connectivity index is 1.63. The van der Waals surface area contributed by atoms with E-state index in [1.54, 1.807) is 14.2 Å². The third-order valence-electron chi connectivity index (χ3n) is 4.48. The largest absolute Gasteiger partial charge is 0.497 e. The molecule has 1 aromatic rings. The molecule has 21 heavy (non-hydrogen) atoms. The molecule has 2 saturated heterocycles. The normalized spacial score (nSPS) is 28.6. The van der Waals surface area contributed by atoms with E-state index in [4.69, 9.17) is 14.2 Å². The van der Waals surface area contributed by atoms with Crippen molar-refractivity contribution in [3.63, 3.8) is 0 Å². The zero-order chi connectivity index (χ0) is 14.8. The maximum Gasteiger partial charge on any atom is 0.124 e. The van der Waals surface area contributed by atoms with E-state index in [2.05, 4.69) is 5.32 Å². The summed E-state index contributed by atoms with van der Waals surface area (Å²) in [5.74, 6) is 1.39. The van der Waals surface area contributed by atoms with Gasteiger partial charge in [0.2, 0.25) is 0 Å². The molecule has 2 heterocycles. The maximum absolute atomic E-state index is 10.4. The van der Waals surface area contributed by atoms with Gasteiger partial charge in [-0.2, -0.15) is 0 Å². The van der Waals surface area contributed by atoms with Gasteiger partial charge in [0.15, 0.2) is 0 Å². The van der Waals surface area contributed by atoms with Crippen LogP contribution < -0.4 is 14.8 Å². The molecule has 4 unspecified atom stereocenters. The summed E-state index contributed by atoms with van der Waals surface area (Å²) in [5.41, 5.74) is 0.744. The van der Waals surface area contributed by atoms with E-state index in [9.17, 15) is 5.11 Å². The summed E-state index contributed by atoms with van der Waals surface area (Å²) in [5, 5.41) is 13.9. The van der Waals surface area contributed by atoms with Gasteiger partial charge in [0.25, 0.3) is 0 Å². The van der Waals surface area contributed by atoms with Crippen LogP contribution in [0.3, 0.4) is 0 Å². The zero-order valence-electron chi connectivity index (χ0n) is 12.5. The van der Waals surface area contributed by atoms with Gasteiger partial charge in [-0.25, -0.2) is 0 Å². The summed E-state index contributed by atoms with van der Waals surface area (Å²) in [6.07, 6.45) is 3.45. The Bertz CT molecular complexity index is 493. The van der Waals surface area contributed by atoms with Crippen LogP contribution >= 0.6 is 0 Å². The first-order chi connectivity index (χ1) is 10.2. The van der Waals surface area contributed by atoms with E-state index in [0.29, 0.717) is 36.3 Å². The molecular weight excluding hydrogens is 270 g/mol. The number of aliphatic hydroxyl groups excluding tert-OH is 1. The standard InChI is InChI=1S/C16H23NO4/c1-19-10-3-5-15(20-2)12(7-10)14(18)9-17-13-8-11-4-6-16(13)21-11/h3,5,7,11,13-14,16-18H,4,6,8-9H2,1-2H3. The molecule has 2 aliphatic heterocycles. The van der Waals surface area contributed by atoms with Gasteiger partial charge in [-0.1, -0.05) is 0 Å². The van der Waals surface area contributed by atoms with E-state index in [-0.39, 0.29) is 0 Å². The van der Waals surface area contributed by atoms with E-state index in [1.807, 2.05) is 18.2 Å². The van der Waals surface area contributed by atoms with Crippen LogP contribution in [-0.2, 0) is 4.74 Å². The predicted octanol–water partition coefficient (Wildman–Crippen LogP) is 1.65. The summed E-state index contributed by atoms with van der Waals surface area (Å²) in [4.78, 5) is 0. The SMILES string of the molecule is COc1ccc(OC)c(C(O)CNC2CC3CCC2O3)c1. The highest BCUT2D eigenvalue weighted by molar-refractivity contribution is 5.41. The summed E-state index contributed by atoms with van der Waals surface area (Å²) >= 11 is 0. The third-order valence-corrected chi connectivity index (χ3v) is 4.48. The summed E-state index contributed by atoms with van der Waals surface area (Å²) < 4.78 is 16.4. The Morgan fingerprint density at radius 1 is 1.33 bits per heavy atom. The lowest BCUT2D eigenvalue weighted by Crippen LogP contribution is -2.39. The van der Waals surface area contributed by atoms with Crippen LogP contribution in [0.15, 0.2) is 18.2 Å². The van der Waals surface area contributed by atoms with Crippen LogP contribution in [0.5, 0.6) is 11.5 Å². The van der Waals surface area contributed by atoms with E-state index in [0.717, 1.165) is 18.4 Å². The highest BCUT2D eigenvalue weighted by atomic mass is 16.5. The fraction of sp³-hybridized carbons (Fsp3) is 0.625. The van der Waals surface area contributed by atoms with Crippen molar-refractivity contribution in [2.75, 3.05) is 20.8 Å². The molecule has 5 nitrogen and oxygen atoms in total. The van der Waals surface area contributed by atoms with Gasteiger partial charge in [0.1, 0.15) is 11.5 Å². The first-order valence-electron chi connectivity index (χ1n) is 7.50. The van der Waals surface area contributed by atoms with Crippen molar-refractivity contribution in [1.29, 1.82) is 0 Å². The maximum atomic E-state index is 10.4. The van der Waals surface area contributed by atoms with Crippen LogP contribution in [0.2, 0.25) is 0 Å². The minimum absolute atomic E-state index is 0.314. The Labute approximate surface area is 125 Å². The van der Waals surface area contributed by atoms with E-state index in [1.165, 1.54) is 6.42 Å². The van der Waals surface area contributed by atoms with Crippen LogP contribution in [0, 0.1) is 0 Å². The number of nitrogens with one attached hydrogen (secondary N) is 1. The van der Waals surface area contributed by atoms with Crippen LogP contribution in [-0.4, -0.2) is 44.1 Å². The average Bonchev–Trinajstić information content (AvgIpc) is 3.14. The molecule has 5 heteroatoms. The molecule has 2 N–H and O–H groups in total. The van der Waals surface area contributed by atoms with Gasteiger partial charge < -0.3 is 24.6 Å². The highest BCUT2D eigenvalue weighted by Gasteiger charge is 2.40. The smallest absolute Gasteiger partial charge is 0.124 e. The molecule has 116 valence electrons. The molecule has 0 spiro atoms. The van der Waals surface area contributed by atoms with Crippen molar-refractivity contribution < 1.29 is 19.3 Å². The molecule has 1 aromatic carbocycles. The van der Waals surface area contributed by atoms with Crippen molar-refractivity contribution in [1.82, 2.24) is 5.32 Å². The molecular formula is C16H23NO4. The van der Waals surface area contributed by atoms with Gasteiger partial charge in [-0.3, -0.25) is 0 Å². The molecule has 2 aliphatic rings. The second-order valence-electron chi connectivity index (χ2n) is 5.75. The number of rotatable bonds is 6. The Kier molecular flexibility index (Phi) is 4.33. The quantitative estimate of drug-likeness (QED) is 0.835. The highest BCUT2D eigenvalue weighted by Crippen LogP contribution is 2.35. The topological polar surface area (TPSA) is 60.0 Å². The van der Waals surface area contributed by atoms with Gasteiger partial charge >= 0.3 is 0 Å². The fourth-order valence-corrected chi connectivity index (χ4v) is 3.33. The second kappa shape index (κ2) is 6.22.